The average Bonchev–Trinajstić information content (AvgIpc) is 3.49. The number of anilines is 1. The van der Waals surface area contributed by atoms with Crippen molar-refractivity contribution in [2.45, 2.75) is 50.4 Å². The summed E-state index contributed by atoms with van der Waals surface area (Å²) >= 11 is 0. The number of carboxylic acid groups (broad SMARTS) is 1. The zero-order valence-corrected chi connectivity index (χ0v) is 28.4. The second-order valence-corrected chi connectivity index (χ2v) is 14.7. The molecule has 2 aliphatic rings. The lowest BCUT2D eigenvalue weighted by Crippen LogP contribution is -2.56. The Morgan fingerprint density at radius 3 is 2.08 bits per heavy atom. The maximum atomic E-state index is 14.3. The van der Waals surface area contributed by atoms with Crippen LogP contribution in [0.15, 0.2) is 109 Å². The maximum Gasteiger partial charge on any atom is 0.408 e. The Bertz CT molecular complexity index is 1930. The number of aryl methyl sites for hydroxylation is 1. The number of amides is 3. The van der Waals surface area contributed by atoms with Crippen LogP contribution in [0.4, 0.5) is 10.5 Å². The Labute approximate surface area is 294 Å². The number of ether oxygens (including phenoxy) is 1. The van der Waals surface area contributed by atoms with Crippen molar-refractivity contribution < 1.29 is 42.9 Å². The van der Waals surface area contributed by atoms with E-state index >= 15 is 0 Å². The molecular weight excluding hydrogens is 673 g/mol. The van der Waals surface area contributed by atoms with Crippen LogP contribution in [-0.4, -0.2) is 59.5 Å². The fourth-order valence-corrected chi connectivity index (χ4v) is 8.41. The average molecular weight is 710 g/mol. The largest absolute Gasteiger partial charge is 0.481 e. The third-order valence-corrected chi connectivity index (χ3v) is 11.3. The van der Waals surface area contributed by atoms with Crippen molar-refractivity contribution >= 4 is 53.3 Å². The van der Waals surface area contributed by atoms with Gasteiger partial charge in [-0.1, -0.05) is 84.9 Å². The predicted molar refractivity (Wildman–Crippen MR) is 188 cm³/mol. The standard InChI is InChI=1S/C38H36N3O9P/c42-33(24-50-51(48,28-15-6-2-7-16-28)29-17-8-3-9-18-29)31(22-34(43)44)39-36(45)32-21-27-14-10-13-26-19-20-30(37(46)41(32)35(26)27)40-38(47)49-23-25-11-4-1-5-12-25/h1-18,30-32H,19-24H2,(H,39,45)(H,40,47)(H,43,44)/t30-,31?,32-/m0/s1. The summed E-state index contributed by atoms with van der Waals surface area (Å²) in [6, 6.07) is 27.5. The first-order valence-corrected chi connectivity index (χ1v) is 18.1. The molecule has 3 atom stereocenters. The molecule has 262 valence electrons. The maximum absolute atomic E-state index is 14.3. The Balaban J connectivity index is 1.19. The van der Waals surface area contributed by atoms with Crippen molar-refractivity contribution in [1.29, 1.82) is 0 Å². The van der Waals surface area contributed by atoms with E-state index in [2.05, 4.69) is 10.6 Å². The van der Waals surface area contributed by atoms with Crippen LogP contribution >= 0.6 is 7.37 Å². The van der Waals surface area contributed by atoms with Gasteiger partial charge < -0.3 is 25.0 Å². The van der Waals surface area contributed by atoms with Crippen molar-refractivity contribution in [1.82, 2.24) is 10.6 Å². The highest BCUT2D eigenvalue weighted by molar-refractivity contribution is 7.74. The van der Waals surface area contributed by atoms with Crippen molar-refractivity contribution in [2.75, 3.05) is 11.5 Å². The van der Waals surface area contributed by atoms with Crippen molar-refractivity contribution in [3.63, 3.8) is 0 Å². The second kappa shape index (κ2) is 15.5. The summed E-state index contributed by atoms with van der Waals surface area (Å²) < 4.78 is 25.4. The fourth-order valence-electron chi connectivity index (χ4n) is 6.37. The number of carboxylic acids is 1. The fraction of sp³-hybridized carbons (Fsp3) is 0.237. The van der Waals surface area contributed by atoms with Gasteiger partial charge in [0.05, 0.1) is 12.1 Å². The van der Waals surface area contributed by atoms with E-state index in [1.807, 2.05) is 30.3 Å². The van der Waals surface area contributed by atoms with E-state index in [1.165, 1.54) is 4.90 Å². The van der Waals surface area contributed by atoms with Crippen LogP contribution in [0.1, 0.15) is 29.5 Å². The third kappa shape index (κ3) is 7.93. The number of alkyl carbamates (subject to hydrolysis) is 1. The Morgan fingerprint density at radius 1 is 0.843 bits per heavy atom. The van der Waals surface area contributed by atoms with E-state index in [4.69, 9.17) is 9.26 Å². The summed E-state index contributed by atoms with van der Waals surface area (Å²) in [5.74, 6) is -3.46. The number of Topliss-reactive ketones (excluding diaryl/α,β-unsaturated/α-hetero) is 1. The van der Waals surface area contributed by atoms with Gasteiger partial charge in [-0.2, -0.15) is 0 Å². The van der Waals surface area contributed by atoms with Gasteiger partial charge in [0.2, 0.25) is 11.8 Å². The number of aliphatic carboxylic acids is 1. The number of hydrogen-bond donors (Lipinski definition) is 3. The highest BCUT2D eigenvalue weighted by Gasteiger charge is 2.45. The van der Waals surface area contributed by atoms with Crippen LogP contribution < -0.4 is 26.1 Å². The molecule has 0 spiro atoms. The van der Waals surface area contributed by atoms with Gasteiger partial charge in [0.15, 0.2) is 5.78 Å². The minimum atomic E-state index is -3.79. The minimum absolute atomic E-state index is 0.00155. The quantitative estimate of drug-likeness (QED) is 0.176. The molecule has 0 fully saturated rings. The van der Waals surface area contributed by atoms with Crippen molar-refractivity contribution in [3.8, 4) is 0 Å². The molecule has 0 saturated heterocycles. The number of carbonyl (C=O) groups excluding carboxylic acids is 4. The molecule has 0 radical (unpaired) electrons. The second-order valence-electron chi connectivity index (χ2n) is 12.3. The van der Waals surface area contributed by atoms with Gasteiger partial charge in [0.1, 0.15) is 31.3 Å². The first kappa shape index (κ1) is 35.3. The summed E-state index contributed by atoms with van der Waals surface area (Å²) in [6.45, 7) is -0.754. The van der Waals surface area contributed by atoms with Crippen LogP contribution in [0.5, 0.6) is 0 Å². The molecule has 13 heteroatoms. The molecule has 6 rings (SSSR count). The topological polar surface area (TPSA) is 168 Å². The third-order valence-electron chi connectivity index (χ3n) is 8.88. The lowest BCUT2D eigenvalue weighted by atomic mass is 10.0. The number of ketones is 1. The van der Waals surface area contributed by atoms with E-state index in [-0.39, 0.29) is 19.4 Å². The van der Waals surface area contributed by atoms with Crippen LogP contribution in [0.25, 0.3) is 0 Å². The molecule has 2 heterocycles. The Morgan fingerprint density at radius 2 is 1.45 bits per heavy atom. The van der Waals surface area contributed by atoms with Crippen LogP contribution in [0.3, 0.4) is 0 Å². The van der Waals surface area contributed by atoms with E-state index in [0.717, 1.165) is 16.7 Å². The number of nitrogens with one attached hydrogen (secondary N) is 2. The smallest absolute Gasteiger partial charge is 0.408 e. The van der Waals surface area contributed by atoms with Gasteiger partial charge in [0, 0.05) is 17.0 Å². The lowest BCUT2D eigenvalue weighted by molar-refractivity contribution is -0.140. The zero-order valence-electron chi connectivity index (χ0n) is 27.5. The van der Waals surface area contributed by atoms with E-state index in [0.29, 0.717) is 22.7 Å². The number of carbonyl (C=O) groups is 5. The van der Waals surface area contributed by atoms with Crippen molar-refractivity contribution in [2.24, 2.45) is 0 Å². The Kier molecular flexibility index (Phi) is 10.7. The number of nitrogens with zero attached hydrogens (tertiary/aromatic N) is 1. The highest BCUT2D eigenvalue weighted by Crippen LogP contribution is 2.44. The molecule has 0 aromatic heterocycles. The number of rotatable bonds is 13. The lowest BCUT2D eigenvalue weighted by Gasteiger charge is -2.29. The summed E-state index contributed by atoms with van der Waals surface area (Å²) in [5, 5.41) is 15.5. The van der Waals surface area contributed by atoms with Crippen molar-refractivity contribution in [3.05, 3.63) is 126 Å². The predicted octanol–water partition coefficient (Wildman–Crippen LogP) is 3.66. The van der Waals surface area contributed by atoms with Gasteiger partial charge in [-0.15, -0.1) is 0 Å². The van der Waals surface area contributed by atoms with Crippen LogP contribution in [0, 0.1) is 0 Å². The summed E-state index contributed by atoms with van der Waals surface area (Å²) in [6.07, 6.45) is -0.775. The van der Waals surface area contributed by atoms with Crippen LogP contribution in [-0.2, 0) is 52.5 Å². The molecule has 3 amide bonds. The molecular formula is C38H36N3O9P. The van der Waals surface area contributed by atoms with Crippen LogP contribution in [0.2, 0.25) is 0 Å². The van der Waals surface area contributed by atoms with Gasteiger partial charge in [-0.05, 0) is 53.8 Å². The highest BCUT2D eigenvalue weighted by atomic mass is 31.2. The molecule has 12 nitrogen and oxygen atoms in total. The van der Waals surface area contributed by atoms with Gasteiger partial charge in [0.25, 0.3) is 7.37 Å². The summed E-state index contributed by atoms with van der Waals surface area (Å²) in [7, 11) is -3.79. The first-order valence-electron chi connectivity index (χ1n) is 16.5. The van der Waals surface area contributed by atoms with E-state index < -0.39 is 68.2 Å². The number of benzene rings is 4. The van der Waals surface area contributed by atoms with Gasteiger partial charge in [-0.3, -0.25) is 28.6 Å². The molecule has 3 N–H and O–H groups in total. The van der Waals surface area contributed by atoms with Gasteiger partial charge in [-0.25, -0.2) is 4.79 Å². The first-order chi connectivity index (χ1) is 24.6. The van der Waals surface area contributed by atoms with E-state index in [9.17, 15) is 33.6 Å². The SMILES string of the molecule is O=C(O)CC(NC(=O)[C@@H]1Cc2cccc3c2N1C(=O)[C@@H](NC(=O)OCc1ccccc1)CC3)C(=O)COP(=O)(c1ccccc1)c1ccccc1. The number of para-hydroxylation sites is 1. The molecule has 51 heavy (non-hydrogen) atoms. The monoisotopic (exact) mass is 709 g/mol. The normalized spacial score (nSPS) is 17.1. The van der Waals surface area contributed by atoms with Gasteiger partial charge >= 0.3 is 12.1 Å². The zero-order chi connectivity index (χ0) is 36.0. The molecule has 4 aromatic rings. The Hall–Kier alpha value is -5.58. The minimum Gasteiger partial charge on any atom is -0.481 e. The summed E-state index contributed by atoms with van der Waals surface area (Å²) in [5.41, 5.74) is 2.86. The number of hydrogen-bond acceptors (Lipinski definition) is 8. The molecule has 2 aliphatic heterocycles. The van der Waals surface area contributed by atoms with E-state index in [1.54, 1.807) is 78.9 Å². The molecule has 4 aromatic carbocycles. The molecule has 0 bridgehead atoms. The summed E-state index contributed by atoms with van der Waals surface area (Å²) in [4.78, 5) is 67.5. The molecule has 0 saturated carbocycles. The molecule has 0 aliphatic carbocycles. The molecule has 1 unspecified atom stereocenters.